The number of amides is 1. The Labute approximate surface area is 149 Å². The Balaban J connectivity index is 2.00. The number of halogens is 2. The second kappa shape index (κ2) is 7.45. The van der Waals surface area contributed by atoms with Crippen LogP contribution in [-0.2, 0) is 4.74 Å². The lowest BCUT2D eigenvalue weighted by Gasteiger charge is -2.28. The zero-order valence-corrected chi connectivity index (χ0v) is 14.6. The number of aromatic nitrogens is 2. The molecule has 1 amide bonds. The Morgan fingerprint density at radius 1 is 1.32 bits per heavy atom. The number of hydrogen-bond acceptors (Lipinski definition) is 3. The molecule has 3 rings (SSSR count). The normalized spacial score (nSPS) is 16.0. The Hall–Kier alpha value is -2.06. The van der Waals surface area contributed by atoms with Crippen LogP contribution in [0.15, 0.2) is 24.4 Å². The van der Waals surface area contributed by atoms with Crippen molar-refractivity contribution in [2.45, 2.75) is 19.4 Å². The average Bonchev–Trinajstić information content (AvgIpc) is 3.00. The van der Waals surface area contributed by atoms with E-state index in [4.69, 9.17) is 17.0 Å². The molecule has 0 bridgehead atoms. The third-order valence-electron chi connectivity index (χ3n) is 4.35. The molecule has 8 heteroatoms. The fourth-order valence-electron chi connectivity index (χ4n) is 3.07. The summed E-state index contributed by atoms with van der Waals surface area (Å²) in [4.78, 5) is 17.5. The van der Waals surface area contributed by atoms with Crippen LogP contribution in [0.4, 0.5) is 8.78 Å². The number of aromatic amines is 1. The van der Waals surface area contributed by atoms with E-state index in [0.29, 0.717) is 48.8 Å². The number of benzene rings is 1. The number of hydrogen-bond donors (Lipinski definition) is 1. The van der Waals surface area contributed by atoms with E-state index in [0.717, 1.165) is 12.1 Å². The van der Waals surface area contributed by atoms with E-state index in [-0.39, 0.29) is 11.9 Å². The van der Waals surface area contributed by atoms with Crippen LogP contribution in [0, 0.1) is 16.4 Å². The summed E-state index contributed by atoms with van der Waals surface area (Å²) >= 11 is 5.34. The van der Waals surface area contributed by atoms with Crippen LogP contribution >= 0.6 is 12.2 Å². The highest BCUT2D eigenvalue weighted by atomic mass is 32.1. The summed E-state index contributed by atoms with van der Waals surface area (Å²) in [6, 6.07) is 3.40. The van der Waals surface area contributed by atoms with Crippen molar-refractivity contribution in [3.63, 3.8) is 0 Å². The van der Waals surface area contributed by atoms with E-state index in [9.17, 15) is 13.6 Å². The number of carbonyl (C=O) groups excluding carboxylic acids is 1. The van der Waals surface area contributed by atoms with Gasteiger partial charge in [-0.25, -0.2) is 8.78 Å². The van der Waals surface area contributed by atoms with Crippen LogP contribution < -0.4 is 0 Å². The van der Waals surface area contributed by atoms with Crippen molar-refractivity contribution in [2.24, 2.45) is 0 Å². The molecule has 1 aromatic heterocycles. The van der Waals surface area contributed by atoms with Gasteiger partial charge in [-0.2, -0.15) is 0 Å². The molecular weight excluding hydrogens is 348 g/mol. The highest BCUT2D eigenvalue weighted by Gasteiger charge is 2.25. The van der Waals surface area contributed by atoms with Gasteiger partial charge in [-0.1, -0.05) is 13.0 Å². The first-order chi connectivity index (χ1) is 12.0. The number of ether oxygens (including phenoxy) is 1. The molecule has 2 aromatic rings. The third-order valence-corrected chi connectivity index (χ3v) is 4.67. The summed E-state index contributed by atoms with van der Waals surface area (Å²) in [5.74, 6) is -1.98. The standard InChI is InChI=1S/C17H19F2N3O2S/c1-2-14(11-3-4-12(18)13(19)9-11)22-15(10-20-17(22)25)16(23)21-5-7-24-8-6-21/h3-4,9-10,14H,2,5-8H2,1H3,(H,20,25). The van der Waals surface area contributed by atoms with Crippen LogP contribution in [0.5, 0.6) is 0 Å². The summed E-state index contributed by atoms with van der Waals surface area (Å²) in [6.07, 6.45) is 2.14. The van der Waals surface area contributed by atoms with Gasteiger partial charge in [-0.3, -0.25) is 4.79 Å². The Bertz CT molecular complexity index is 828. The average molecular weight is 367 g/mol. The maximum Gasteiger partial charge on any atom is 0.272 e. The van der Waals surface area contributed by atoms with Gasteiger partial charge in [0, 0.05) is 19.3 Å². The van der Waals surface area contributed by atoms with Crippen molar-refractivity contribution in [1.82, 2.24) is 14.5 Å². The molecule has 1 atom stereocenters. The molecule has 1 aliphatic heterocycles. The second-order valence-electron chi connectivity index (χ2n) is 5.85. The molecule has 2 heterocycles. The number of nitrogens with zero attached hydrogens (tertiary/aromatic N) is 2. The van der Waals surface area contributed by atoms with Crippen LogP contribution in [0.3, 0.4) is 0 Å². The van der Waals surface area contributed by atoms with Gasteiger partial charge in [-0.05, 0) is 36.3 Å². The lowest BCUT2D eigenvalue weighted by Crippen LogP contribution is -2.41. The van der Waals surface area contributed by atoms with Crippen molar-refractivity contribution in [1.29, 1.82) is 0 Å². The van der Waals surface area contributed by atoms with Gasteiger partial charge in [0.25, 0.3) is 5.91 Å². The largest absolute Gasteiger partial charge is 0.378 e. The molecule has 0 radical (unpaired) electrons. The SMILES string of the molecule is CCC(c1ccc(F)c(F)c1)n1c(C(=O)N2CCOCC2)c[nH]c1=S. The quantitative estimate of drug-likeness (QED) is 0.844. The summed E-state index contributed by atoms with van der Waals surface area (Å²) in [5, 5.41) is 0. The van der Waals surface area contributed by atoms with Gasteiger partial charge in [0.2, 0.25) is 0 Å². The van der Waals surface area contributed by atoms with Gasteiger partial charge in [0.15, 0.2) is 16.4 Å². The van der Waals surface area contributed by atoms with Crippen molar-refractivity contribution in [3.8, 4) is 0 Å². The zero-order chi connectivity index (χ0) is 18.0. The van der Waals surface area contributed by atoms with Crippen LogP contribution in [0.2, 0.25) is 0 Å². The first kappa shape index (κ1) is 17.8. The molecule has 134 valence electrons. The van der Waals surface area contributed by atoms with Crippen molar-refractivity contribution in [2.75, 3.05) is 26.3 Å². The summed E-state index contributed by atoms with van der Waals surface area (Å²) in [5.41, 5.74) is 0.969. The van der Waals surface area contributed by atoms with E-state index in [1.807, 2.05) is 6.92 Å². The molecule has 1 fully saturated rings. The third kappa shape index (κ3) is 3.50. The molecule has 1 aromatic carbocycles. The zero-order valence-electron chi connectivity index (χ0n) is 13.8. The molecule has 1 N–H and O–H groups in total. The fourth-order valence-corrected chi connectivity index (χ4v) is 3.35. The predicted molar refractivity (Wildman–Crippen MR) is 91.1 cm³/mol. The maximum atomic E-state index is 13.7. The monoisotopic (exact) mass is 367 g/mol. The first-order valence-electron chi connectivity index (χ1n) is 8.14. The lowest BCUT2D eigenvalue weighted by molar-refractivity contribution is 0.0295. The summed E-state index contributed by atoms with van der Waals surface area (Å²) in [6.45, 7) is 3.93. The maximum absolute atomic E-state index is 13.7. The highest BCUT2D eigenvalue weighted by Crippen LogP contribution is 2.26. The van der Waals surface area contributed by atoms with Gasteiger partial charge >= 0.3 is 0 Å². The Kier molecular flexibility index (Phi) is 5.29. The lowest BCUT2D eigenvalue weighted by atomic mass is 10.0. The molecule has 5 nitrogen and oxygen atoms in total. The minimum Gasteiger partial charge on any atom is -0.378 e. The smallest absolute Gasteiger partial charge is 0.272 e. The first-order valence-corrected chi connectivity index (χ1v) is 8.55. The van der Waals surface area contributed by atoms with Crippen LogP contribution in [0.25, 0.3) is 0 Å². The van der Waals surface area contributed by atoms with E-state index < -0.39 is 11.6 Å². The predicted octanol–water partition coefficient (Wildman–Crippen LogP) is 3.30. The van der Waals surface area contributed by atoms with Gasteiger partial charge in [-0.15, -0.1) is 0 Å². The topological polar surface area (TPSA) is 50.3 Å². The fraction of sp³-hybridized carbons (Fsp3) is 0.412. The van der Waals surface area contributed by atoms with Crippen molar-refractivity contribution >= 4 is 18.1 Å². The Morgan fingerprint density at radius 3 is 2.68 bits per heavy atom. The molecule has 1 saturated heterocycles. The van der Waals surface area contributed by atoms with E-state index in [1.54, 1.807) is 15.7 Å². The van der Waals surface area contributed by atoms with Crippen molar-refractivity contribution in [3.05, 3.63) is 52.1 Å². The van der Waals surface area contributed by atoms with Gasteiger partial charge in [0.05, 0.1) is 19.3 Å². The van der Waals surface area contributed by atoms with Gasteiger partial charge < -0.3 is 19.2 Å². The Morgan fingerprint density at radius 2 is 2.04 bits per heavy atom. The van der Waals surface area contributed by atoms with Crippen LogP contribution in [0.1, 0.15) is 35.4 Å². The number of carbonyl (C=O) groups is 1. The number of morpholine rings is 1. The molecule has 0 spiro atoms. The van der Waals surface area contributed by atoms with Gasteiger partial charge in [0.1, 0.15) is 5.69 Å². The molecule has 25 heavy (non-hydrogen) atoms. The minimum absolute atomic E-state index is 0.156. The van der Waals surface area contributed by atoms with Crippen LogP contribution in [-0.4, -0.2) is 46.7 Å². The van der Waals surface area contributed by atoms with Crippen molar-refractivity contribution < 1.29 is 18.3 Å². The molecule has 0 aliphatic carbocycles. The minimum atomic E-state index is -0.918. The molecular formula is C17H19F2N3O2S. The number of H-pyrrole nitrogens is 1. The number of imidazole rings is 1. The second-order valence-corrected chi connectivity index (χ2v) is 6.24. The van der Waals surface area contributed by atoms with E-state index >= 15 is 0 Å². The summed E-state index contributed by atoms with van der Waals surface area (Å²) in [7, 11) is 0. The molecule has 1 aliphatic rings. The molecule has 0 saturated carbocycles. The van der Waals surface area contributed by atoms with E-state index in [2.05, 4.69) is 4.98 Å². The summed E-state index contributed by atoms with van der Waals surface area (Å²) < 4.78 is 34.2. The van der Waals surface area contributed by atoms with E-state index in [1.165, 1.54) is 6.07 Å². The molecule has 1 unspecified atom stereocenters. The number of nitrogens with one attached hydrogen (secondary N) is 1. The number of rotatable bonds is 4. The highest BCUT2D eigenvalue weighted by molar-refractivity contribution is 7.71.